The number of rotatable bonds is 4. The highest BCUT2D eigenvalue weighted by Gasteiger charge is 2.11. The zero-order valence-electron chi connectivity index (χ0n) is 11.3. The molecule has 0 aliphatic heterocycles. The third-order valence-electron chi connectivity index (χ3n) is 2.93. The Kier molecular flexibility index (Phi) is 4.60. The van der Waals surface area contributed by atoms with E-state index in [2.05, 4.69) is 0 Å². The predicted octanol–water partition coefficient (Wildman–Crippen LogP) is 3.88. The second kappa shape index (κ2) is 6.41. The van der Waals surface area contributed by atoms with Crippen LogP contribution in [0.4, 0.5) is 0 Å². The summed E-state index contributed by atoms with van der Waals surface area (Å²) in [6, 6.07) is 11.5. The standard InChI is InChI=1S/C16H13ClO4/c1-2-21-16(20)11-5-3-10(4-6-11)12-7-8-14(17)13(9-12)15(18)19/h3-9H,2H2,1H3,(H,18,19). The van der Waals surface area contributed by atoms with Gasteiger partial charge in [0.05, 0.1) is 22.8 Å². The molecule has 4 nitrogen and oxygen atoms in total. The second-order valence-electron chi connectivity index (χ2n) is 4.30. The van der Waals surface area contributed by atoms with Crippen LogP contribution in [0.2, 0.25) is 5.02 Å². The molecule has 0 atom stereocenters. The molecule has 0 bridgehead atoms. The molecule has 5 heteroatoms. The first kappa shape index (κ1) is 15.1. The summed E-state index contributed by atoms with van der Waals surface area (Å²) < 4.78 is 4.91. The molecule has 0 heterocycles. The van der Waals surface area contributed by atoms with Crippen molar-refractivity contribution in [1.29, 1.82) is 0 Å². The normalized spacial score (nSPS) is 10.2. The minimum absolute atomic E-state index is 0.0450. The lowest BCUT2D eigenvalue weighted by atomic mass is 10.0. The smallest absolute Gasteiger partial charge is 0.338 e. The van der Waals surface area contributed by atoms with E-state index in [1.165, 1.54) is 6.07 Å². The van der Waals surface area contributed by atoms with Crippen LogP contribution in [-0.4, -0.2) is 23.7 Å². The molecule has 0 radical (unpaired) electrons. The Bertz CT molecular complexity index is 677. The van der Waals surface area contributed by atoms with E-state index in [-0.39, 0.29) is 16.6 Å². The van der Waals surface area contributed by atoms with E-state index in [9.17, 15) is 9.59 Å². The van der Waals surface area contributed by atoms with Crippen molar-refractivity contribution in [1.82, 2.24) is 0 Å². The Morgan fingerprint density at radius 1 is 1.10 bits per heavy atom. The van der Waals surface area contributed by atoms with Gasteiger partial charge < -0.3 is 9.84 Å². The van der Waals surface area contributed by atoms with Crippen LogP contribution in [0.1, 0.15) is 27.6 Å². The van der Waals surface area contributed by atoms with Crippen molar-refractivity contribution in [3.8, 4) is 11.1 Å². The zero-order valence-corrected chi connectivity index (χ0v) is 12.1. The molecule has 108 valence electrons. The van der Waals surface area contributed by atoms with E-state index in [4.69, 9.17) is 21.4 Å². The number of halogens is 1. The number of aromatic carboxylic acids is 1. The minimum Gasteiger partial charge on any atom is -0.478 e. The van der Waals surface area contributed by atoms with Gasteiger partial charge in [-0.2, -0.15) is 0 Å². The predicted molar refractivity (Wildman–Crippen MR) is 79.8 cm³/mol. The SMILES string of the molecule is CCOC(=O)c1ccc(-c2ccc(Cl)c(C(=O)O)c2)cc1. The van der Waals surface area contributed by atoms with E-state index in [1.807, 2.05) is 0 Å². The minimum atomic E-state index is -1.08. The van der Waals surface area contributed by atoms with Crippen LogP contribution in [0, 0.1) is 0 Å². The van der Waals surface area contributed by atoms with Gasteiger partial charge in [-0.15, -0.1) is 0 Å². The van der Waals surface area contributed by atoms with Crippen molar-refractivity contribution in [2.45, 2.75) is 6.92 Å². The molecule has 0 aliphatic rings. The van der Waals surface area contributed by atoms with Crippen molar-refractivity contribution in [2.75, 3.05) is 6.61 Å². The lowest BCUT2D eigenvalue weighted by molar-refractivity contribution is 0.0526. The molecule has 0 fully saturated rings. The van der Waals surface area contributed by atoms with Gasteiger partial charge >= 0.3 is 11.9 Å². The number of esters is 1. The topological polar surface area (TPSA) is 63.6 Å². The third-order valence-corrected chi connectivity index (χ3v) is 3.26. The first-order valence-electron chi connectivity index (χ1n) is 6.33. The molecule has 0 aromatic heterocycles. The molecule has 0 saturated heterocycles. The maximum Gasteiger partial charge on any atom is 0.338 e. The lowest BCUT2D eigenvalue weighted by Crippen LogP contribution is -2.04. The van der Waals surface area contributed by atoms with E-state index >= 15 is 0 Å². The number of hydrogen-bond acceptors (Lipinski definition) is 3. The number of hydrogen-bond donors (Lipinski definition) is 1. The second-order valence-corrected chi connectivity index (χ2v) is 4.70. The third kappa shape index (κ3) is 3.41. The monoisotopic (exact) mass is 304 g/mol. The molecule has 0 spiro atoms. The van der Waals surface area contributed by atoms with Gasteiger partial charge in [0.1, 0.15) is 0 Å². The summed E-state index contributed by atoms with van der Waals surface area (Å²) in [4.78, 5) is 22.6. The van der Waals surface area contributed by atoms with Gasteiger partial charge in [-0.25, -0.2) is 9.59 Å². The number of carboxylic acid groups (broad SMARTS) is 1. The van der Waals surface area contributed by atoms with Crippen LogP contribution in [0.3, 0.4) is 0 Å². The summed E-state index contributed by atoms with van der Waals surface area (Å²) in [6.07, 6.45) is 0. The van der Waals surface area contributed by atoms with Crippen LogP contribution in [0.15, 0.2) is 42.5 Å². The van der Waals surface area contributed by atoms with Gasteiger partial charge in [0.15, 0.2) is 0 Å². The number of carbonyl (C=O) groups is 2. The molecule has 2 aromatic carbocycles. The van der Waals surface area contributed by atoms with Gasteiger partial charge in [-0.05, 0) is 42.3 Å². The number of carbonyl (C=O) groups excluding carboxylic acids is 1. The van der Waals surface area contributed by atoms with E-state index in [1.54, 1.807) is 43.3 Å². The Balaban J connectivity index is 2.33. The molecule has 21 heavy (non-hydrogen) atoms. The summed E-state index contributed by atoms with van der Waals surface area (Å²) in [7, 11) is 0. The van der Waals surface area contributed by atoms with Gasteiger partial charge in [0.2, 0.25) is 0 Å². The van der Waals surface area contributed by atoms with Gasteiger partial charge in [0, 0.05) is 0 Å². The Hall–Kier alpha value is -2.33. The van der Waals surface area contributed by atoms with Gasteiger partial charge in [0.25, 0.3) is 0 Å². The molecule has 0 aliphatic carbocycles. The first-order chi connectivity index (χ1) is 10.0. The number of benzene rings is 2. The average Bonchev–Trinajstić information content (AvgIpc) is 2.48. The highest BCUT2D eigenvalue weighted by Crippen LogP contribution is 2.25. The van der Waals surface area contributed by atoms with E-state index < -0.39 is 5.97 Å². The first-order valence-corrected chi connectivity index (χ1v) is 6.71. The highest BCUT2D eigenvalue weighted by atomic mass is 35.5. The Morgan fingerprint density at radius 3 is 2.29 bits per heavy atom. The summed E-state index contributed by atoms with van der Waals surface area (Å²) in [5, 5.41) is 9.26. The van der Waals surface area contributed by atoms with E-state index in [0.717, 1.165) is 5.56 Å². The maximum atomic E-state index is 11.6. The van der Waals surface area contributed by atoms with Crippen LogP contribution < -0.4 is 0 Å². The highest BCUT2D eigenvalue weighted by molar-refractivity contribution is 6.33. The van der Waals surface area contributed by atoms with Crippen LogP contribution >= 0.6 is 11.6 Å². The Labute approximate surface area is 126 Å². The molecule has 0 saturated carbocycles. The van der Waals surface area contributed by atoms with E-state index in [0.29, 0.717) is 17.7 Å². The lowest BCUT2D eigenvalue weighted by Gasteiger charge is -2.06. The summed E-state index contributed by atoms with van der Waals surface area (Å²) >= 11 is 5.84. The molecule has 2 aromatic rings. The van der Waals surface area contributed by atoms with Crippen molar-refractivity contribution < 1.29 is 19.4 Å². The molecular formula is C16H13ClO4. The van der Waals surface area contributed by atoms with Crippen LogP contribution in [-0.2, 0) is 4.74 Å². The zero-order chi connectivity index (χ0) is 15.4. The number of ether oxygens (including phenoxy) is 1. The van der Waals surface area contributed by atoms with Crippen molar-refractivity contribution >= 4 is 23.5 Å². The van der Waals surface area contributed by atoms with Crippen LogP contribution in [0.5, 0.6) is 0 Å². The van der Waals surface area contributed by atoms with Gasteiger partial charge in [-0.3, -0.25) is 0 Å². The van der Waals surface area contributed by atoms with Gasteiger partial charge in [-0.1, -0.05) is 29.8 Å². The Morgan fingerprint density at radius 2 is 1.71 bits per heavy atom. The average molecular weight is 305 g/mol. The van der Waals surface area contributed by atoms with Crippen molar-refractivity contribution in [2.24, 2.45) is 0 Å². The molecule has 0 unspecified atom stereocenters. The quantitative estimate of drug-likeness (QED) is 0.871. The summed E-state index contributed by atoms with van der Waals surface area (Å²) in [5.74, 6) is -1.46. The fraction of sp³-hybridized carbons (Fsp3) is 0.125. The summed E-state index contributed by atoms with van der Waals surface area (Å²) in [5.41, 5.74) is 2.01. The van der Waals surface area contributed by atoms with Crippen molar-refractivity contribution in [3.05, 3.63) is 58.6 Å². The fourth-order valence-electron chi connectivity index (χ4n) is 1.88. The molecule has 0 amide bonds. The summed E-state index contributed by atoms with van der Waals surface area (Å²) in [6.45, 7) is 2.06. The largest absolute Gasteiger partial charge is 0.478 e. The molecule has 1 N–H and O–H groups in total. The number of carboxylic acids is 1. The molecular weight excluding hydrogens is 292 g/mol. The fourth-order valence-corrected chi connectivity index (χ4v) is 2.08. The van der Waals surface area contributed by atoms with Crippen molar-refractivity contribution in [3.63, 3.8) is 0 Å². The maximum absolute atomic E-state index is 11.6. The molecule has 2 rings (SSSR count). The van der Waals surface area contributed by atoms with Crippen LogP contribution in [0.25, 0.3) is 11.1 Å².